The number of carbonyl (C=O) groups is 1. The van der Waals surface area contributed by atoms with Gasteiger partial charge in [-0.3, -0.25) is 9.78 Å². The van der Waals surface area contributed by atoms with Crippen LogP contribution in [0.1, 0.15) is 16.1 Å². The molecule has 0 unspecified atom stereocenters. The molecule has 3 rings (SSSR count). The molecule has 0 saturated heterocycles. The molecule has 3 aromatic rings. The zero-order valence-corrected chi connectivity index (χ0v) is 14.6. The van der Waals surface area contributed by atoms with Gasteiger partial charge >= 0.3 is 0 Å². The fourth-order valence-electron chi connectivity index (χ4n) is 2.47. The molecule has 6 heteroatoms. The first kappa shape index (κ1) is 17.9. The van der Waals surface area contributed by atoms with Crippen LogP contribution in [0.15, 0.2) is 66.9 Å². The topological polar surface area (TPSA) is 54.0 Å². The van der Waals surface area contributed by atoms with Crippen LogP contribution in [0.5, 0.6) is 0 Å². The molecule has 0 bridgehead atoms. The van der Waals surface area contributed by atoms with Crippen LogP contribution in [-0.4, -0.2) is 17.4 Å². The summed E-state index contributed by atoms with van der Waals surface area (Å²) in [5, 5.41) is 6.60. The van der Waals surface area contributed by atoms with Gasteiger partial charge in [-0.1, -0.05) is 29.8 Å². The zero-order valence-electron chi connectivity index (χ0n) is 13.9. The maximum absolute atomic E-state index is 13.2. The summed E-state index contributed by atoms with van der Waals surface area (Å²) in [5.41, 5.74) is 2.55. The number of nitrogens with one attached hydrogen (secondary N) is 2. The summed E-state index contributed by atoms with van der Waals surface area (Å²) in [4.78, 5) is 16.3. The Hall–Kier alpha value is -2.92. The van der Waals surface area contributed by atoms with E-state index < -0.39 is 11.7 Å². The molecule has 1 aromatic heterocycles. The number of hydrogen-bond acceptors (Lipinski definition) is 3. The molecule has 1 amide bonds. The second kappa shape index (κ2) is 8.45. The third-order valence-corrected chi connectivity index (χ3v) is 3.94. The van der Waals surface area contributed by atoms with Crippen molar-refractivity contribution in [3.05, 3.63) is 89.0 Å². The van der Waals surface area contributed by atoms with E-state index in [4.69, 9.17) is 11.6 Å². The Morgan fingerprint density at radius 2 is 1.88 bits per heavy atom. The summed E-state index contributed by atoms with van der Waals surface area (Å²) in [6.45, 7) is 0.690. The highest BCUT2D eigenvalue weighted by atomic mass is 35.5. The van der Waals surface area contributed by atoms with E-state index in [1.807, 2.05) is 24.3 Å². The number of pyridine rings is 1. The van der Waals surface area contributed by atoms with Crippen molar-refractivity contribution in [1.29, 1.82) is 0 Å². The first-order valence-corrected chi connectivity index (χ1v) is 8.49. The van der Waals surface area contributed by atoms with Crippen molar-refractivity contribution in [2.75, 3.05) is 17.2 Å². The van der Waals surface area contributed by atoms with Gasteiger partial charge in [0.15, 0.2) is 0 Å². The van der Waals surface area contributed by atoms with E-state index in [-0.39, 0.29) is 5.69 Å². The molecular formula is C20H17ClFN3O. The third-order valence-electron chi connectivity index (χ3n) is 3.71. The molecular weight excluding hydrogens is 353 g/mol. The number of carbonyl (C=O) groups excluding carboxylic acids is 1. The predicted molar refractivity (Wildman–Crippen MR) is 102 cm³/mol. The second-order valence-electron chi connectivity index (χ2n) is 5.70. The van der Waals surface area contributed by atoms with Gasteiger partial charge in [0, 0.05) is 29.1 Å². The van der Waals surface area contributed by atoms with Gasteiger partial charge < -0.3 is 10.6 Å². The number of rotatable bonds is 6. The van der Waals surface area contributed by atoms with Crippen LogP contribution in [-0.2, 0) is 6.42 Å². The molecule has 0 saturated carbocycles. The lowest BCUT2D eigenvalue weighted by Gasteiger charge is -2.09. The fourth-order valence-corrected chi connectivity index (χ4v) is 2.68. The summed E-state index contributed by atoms with van der Waals surface area (Å²) >= 11 is 5.98. The maximum atomic E-state index is 13.2. The fraction of sp³-hybridized carbons (Fsp3) is 0.100. The standard InChI is InChI=1S/C20H17ClFN3O/c21-15-4-1-3-14(11-15)7-9-23-17-8-10-24-19(13-17)20(26)25-18-6-2-5-16(22)12-18/h1-6,8,10-13H,7,9H2,(H,23,24)(H,25,26). The van der Waals surface area contributed by atoms with Crippen LogP contribution >= 0.6 is 11.6 Å². The molecule has 0 atom stereocenters. The highest BCUT2D eigenvalue weighted by Gasteiger charge is 2.09. The summed E-state index contributed by atoms with van der Waals surface area (Å²) in [7, 11) is 0. The summed E-state index contributed by atoms with van der Waals surface area (Å²) in [6.07, 6.45) is 2.36. The Labute approximate surface area is 156 Å². The van der Waals surface area contributed by atoms with Gasteiger partial charge in [-0.2, -0.15) is 0 Å². The number of aromatic nitrogens is 1. The number of hydrogen-bond donors (Lipinski definition) is 2. The van der Waals surface area contributed by atoms with Crippen LogP contribution in [0.2, 0.25) is 5.02 Å². The summed E-state index contributed by atoms with van der Waals surface area (Å²) < 4.78 is 13.2. The number of amides is 1. The minimum Gasteiger partial charge on any atom is -0.385 e. The van der Waals surface area contributed by atoms with Gasteiger partial charge in [0.25, 0.3) is 5.91 Å². The lowest BCUT2D eigenvalue weighted by Crippen LogP contribution is -2.14. The molecule has 132 valence electrons. The maximum Gasteiger partial charge on any atom is 0.274 e. The minimum absolute atomic E-state index is 0.252. The van der Waals surface area contributed by atoms with E-state index in [0.29, 0.717) is 17.3 Å². The Bertz CT molecular complexity index is 917. The summed E-state index contributed by atoms with van der Waals surface area (Å²) in [5.74, 6) is -0.804. The average molecular weight is 370 g/mol. The number of anilines is 2. The van der Waals surface area contributed by atoms with Crippen molar-refractivity contribution < 1.29 is 9.18 Å². The third kappa shape index (κ3) is 5.04. The van der Waals surface area contributed by atoms with Crippen molar-refractivity contribution in [2.24, 2.45) is 0 Å². The van der Waals surface area contributed by atoms with E-state index in [9.17, 15) is 9.18 Å². The largest absolute Gasteiger partial charge is 0.385 e. The van der Waals surface area contributed by atoms with Gasteiger partial charge in [0.05, 0.1) is 0 Å². The second-order valence-corrected chi connectivity index (χ2v) is 6.14. The Morgan fingerprint density at radius 3 is 2.69 bits per heavy atom. The highest BCUT2D eigenvalue weighted by Crippen LogP contribution is 2.14. The van der Waals surface area contributed by atoms with E-state index in [1.165, 1.54) is 18.2 Å². The lowest BCUT2D eigenvalue weighted by atomic mass is 10.1. The van der Waals surface area contributed by atoms with Crippen molar-refractivity contribution in [2.45, 2.75) is 6.42 Å². The molecule has 0 aliphatic rings. The average Bonchev–Trinajstić information content (AvgIpc) is 2.62. The van der Waals surface area contributed by atoms with E-state index in [1.54, 1.807) is 24.4 Å². The SMILES string of the molecule is O=C(Nc1cccc(F)c1)c1cc(NCCc2cccc(Cl)c2)ccn1. The Kier molecular flexibility index (Phi) is 5.81. The van der Waals surface area contributed by atoms with Crippen LogP contribution in [0.4, 0.5) is 15.8 Å². The smallest absolute Gasteiger partial charge is 0.274 e. The highest BCUT2D eigenvalue weighted by molar-refractivity contribution is 6.30. The van der Waals surface area contributed by atoms with Gasteiger partial charge in [-0.05, 0) is 54.4 Å². The minimum atomic E-state index is -0.410. The Balaban J connectivity index is 1.59. The molecule has 1 heterocycles. The molecule has 0 aliphatic carbocycles. The first-order valence-electron chi connectivity index (χ1n) is 8.11. The normalized spacial score (nSPS) is 10.4. The molecule has 26 heavy (non-hydrogen) atoms. The van der Waals surface area contributed by atoms with Gasteiger partial charge in [-0.25, -0.2) is 4.39 Å². The first-order chi connectivity index (χ1) is 12.6. The van der Waals surface area contributed by atoms with Crippen molar-refractivity contribution in [3.63, 3.8) is 0 Å². The van der Waals surface area contributed by atoms with Gasteiger partial charge in [0.2, 0.25) is 0 Å². The number of benzene rings is 2. The quantitative estimate of drug-likeness (QED) is 0.657. The lowest BCUT2D eigenvalue weighted by molar-refractivity contribution is 0.102. The molecule has 0 fully saturated rings. The molecule has 0 aliphatic heterocycles. The summed E-state index contributed by atoms with van der Waals surface area (Å²) in [6, 6.07) is 16.9. The zero-order chi connectivity index (χ0) is 18.4. The van der Waals surface area contributed by atoms with Crippen molar-refractivity contribution in [3.8, 4) is 0 Å². The van der Waals surface area contributed by atoms with E-state index in [2.05, 4.69) is 15.6 Å². The van der Waals surface area contributed by atoms with Crippen LogP contribution in [0.3, 0.4) is 0 Å². The molecule has 0 radical (unpaired) electrons. The predicted octanol–water partition coefficient (Wildman–Crippen LogP) is 4.78. The van der Waals surface area contributed by atoms with E-state index in [0.717, 1.165) is 17.7 Å². The molecule has 2 N–H and O–H groups in total. The van der Waals surface area contributed by atoms with Crippen LogP contribution < -0.4 is 10.6 Å². The number of halogens is 2. The van der Waals surface area contributed by atoms with Crippen LogP contribution in [0.25, 0.3) is 0 Å². The molecule has 4 nitrogen and oxygen atoms in total. The Morgan fingerprint density at radius 1 is 1.04 bits per heavy atom. The number of nitrogens with zero attached hydrogens (tertiary/aromatic N) is 1. The van der Waals surface area contributed by atoms with Gasteiger partial charge in [0.1, 0.15) is 11.5 Å². The van der Waals surface area contributed by atoms with Crippen LogP contribution in [0, 0.1) is 5.82 Å². The van der Waals surface area contributed by atoms with Crippen molar-refractivity contribution >= 4 is 28.9 Å². The van der Waals surface area contributed by atoms with E-state index >= 15 is 0 Å². The molecule has 0 spiro atoms. The molecule has 2 aromatic carbocycles. The van der Waals surface area contributed by atoms with Crippen molar-refractivity contribution in [1.82, 2.24) is 4.98 Å². The monoisotopic (exact) mass is 369 g/mol. The van der Waals surface area contributed by atoms with Gasteiger partial charge in [-0.15, -0.1) is 0 Å².